The van der Waals surface area contributed by atoms with Crippen LogP contribution < -0.4 is 15.4 Å². The third-order valence-electron chi connectivity index (χ3n) is 5.97. The number of nitrogens with one attached hydrogen (secondary N) is 2. The molecule has 134 valence electrons. The highest BCUT2D eigenvalue weighted by atomic mass is 32.1. The van der Waals surface area contributed by atoms with Crippen molar-refractivity contribution in [3.05, 3.63) is 41.4 Å². The smallest absolute Gasteiger partial charge is 0.258 e. The molecule has 2 N–H and O–H groups in total. The van der Waals surface area contributed by atoms with E-state index in [0.717, 1.165) is 19.3 Å². The molecule has 6 rings (SSSR count). The molecule has 1 spiro atoms. The summed E-state index contributed by atoms with van der Waals surface area (Å²) in [6.07, 6.45) is 5.04. The number of ether oxygens (including phenoxy) is 1. The number of anilines is 1. The van der Waals surface area contributed by atoms with E-state index in [9.17, 15) is 9.59 Å². The van der Waals surface area contributed by atoms with Gasteiger partial charge in [0.05, 0.1) is 5.56 Å². The fraction of sp³-hybridized carbons (Fsp3) is 0.421. The first kappa shape index (κ1) is 15.8. The average Bonchev–Trinajstić information content (AvgIpc) is 3.15. The standard InChI is InChI=1S/C19H19N3O3S/c23-16(21-18-20-7-8-26-18)14-9-12-6-5-11(14)10-19(12)22-17(24)13-3-1-2-4-15(13)25-19/h1-4,7-8,11-12,14H,5-6,9-10H2,(H,22,24)(H,20,21,23)/t11-,12+,14-,19+/m1/s1. The van der Waals surface area contributed by atoms with Crippen LogP contribution >= 0.6 is 11.3 Å². The molecule has 1 aromatic carbocycles. The van der Waals surface area contributed by atoms with Gasteiger partial charge in [-0.15, -0.1) is 11.3 Å². The zero-order valence-corrected chi connectivity index (χ0v) is 14.9. The van der Waals surface area contributed by atoms with Crippen LogP contribution in [0, 0.1) is 17.8 Å². The molecular weight excluding hydrogens is 350 g/mol. The summed E-state index contributed by atoms with van der Waals surface area (Å²) in [5, 5.41) is 8.54. The van der Waals surface area contributed by atoms with E-state index in [4.69, 9.17) is 4.74 Å². The van der Waals surface area contributed by atoms with Crippen LogP contribution in [0.4, 0.5) is 5.13 Å². The maximum absolute atomic E-state index is 12.7. The van der Waals surface area contributed by atoms with Gasteiger partial charge in [0.15, 0.2) is 10.9 Å². The molecule has 26 heavy (non-hydrogen) atoms. The molecule has 3 aliphatic carbocycles. The number of carbonyl (C=O) groups is 2. The van der Waals surface area contributed by atoms with E-state index >= 15 is 0 Å². The number of amides is 2. The van der Waals surface area contributed by atoms with Crippen molar-refractivity contribution in [3.8, 4) is 5.75 Å². The number of aromatic nitrogens is 1. The molecule has 0 saturated heterocycles. The Morgan fingerprint density at radius 1 is 1.35 bits per heavy atom. The van der Waals surface area contributed by atoms with Crippen LogP contribution in [0.3, 0.4) is 0 Å². The summed E-state index contributed by atoms with van der Waals surface area (Å²) < 4.78 is 6.32. The number of hydrogen-bond acceptors (Lipinski definition) is 5. The third-order valence-corrected chi connectivity index (χ3v) is 6.65. The van der Waals surface area contributed by atoms with Gasteiger partial charge in [-0.05, 0) is 37.3 Å². The maximum atomic E-state index is 12.7. The first-order chi connectivity index (χ1) is 12.6. The van der Waals surface area contributed by atoms with E-state index in [0.29, 0.717) is 22.9 Å². The summed E-state index contributed by atoms with van der Waals surface area (Å²) in [4.78, 5) is 29.4. The Morgan fingerprint density at radius 3 is 3.00 bits per heavy atom. The van der Waals surface area contributed by atoms with Gasteiger partial charge in [-0.1, -0.05) is 12.1 Å². The van der Waals surface area contributed by atoms with Crippen molar-refractivity contribution < 1.29 is 14.3 Å². The van der Waals surface area contributed by atoms with Crippen molar-refractivity contribution in [2.45, 2.75) is 31.4 Å². The summed E-state index contributed by atoms with van der Waals surface area (Å²) >= 11 is 1.42. The van der Waals surface area contributed by atoms with Crippen molar-refractivity contribution in [1.29, 1.82) is 0 Å². The molecule has 2 amide bonds. The Balaban J connectivity index is 1.38. The number of rotatable bonds is 2. The normalized spacial score (nSPS) is 31.8. The molecule has 0 radical (unpaired) electrons. The molecule has 3 fully saturated rings. The highest BCUT2D eigenvalue weighted by Gasteiger charge is 2.57. The van der Waals surface area contributed by atoms with Crippen LogP contribution in [0.2, 0.25) is 0 Å². The van der Waals surface area contributed by atoms with Crippen LogP contribution in [-0.4, -0.2) is 22.5 Å². The van der Waals surface area contributed by atoms with E-state index in [-0.39, 0.29) is 29.6 Å². The number of carbonyl (C=O) groups excluding carboxylic acids is 2. The van der Waals surface area contributed by atoms with Crippen molar-refractivity contribution >= 4 is 28.3 Å². The molecule has 4 aliphatic rings. The lowest BCUT2D eigenvalue weighted by molar-refractivity contribution is -0.142. The number of hydrogen-bond donors (Lipinski definition) is 2. The van der Waals surface area contributed by atoms with E-state index < -0.39 is 5.72 Å². The Labute approximate surface area is 155 Å². The number of fused-ring (bicyclic) bond motifs is 3. The van der Waals surface area contributed by atoms with Gasteiger partial charge in [0.25, 0.3) is 5.91 Å². The Hall–Kier alpha value is -2.41. The average molecular weight is 369 g/mol. The van der Waals surface area contributed by atoms with Gasteiger partial charge in [0.2, 0.25) is 5.91 Å². The monoisotopic (exact) mass is 369 g/mol. The predicted octanol–water partition coefficient (Wildman–Crippen LogP) is 3.04. The zero-order chi connectivity index (χ0) is 17.7. The van der Waals surface area contributed by atoms with E-state index in [1.165, 1.54) is 11.3 Å². The van der Waals surface area contributed by atoms with Crippen molar-refractivity contribution in [2.75, 3.05) is 5.32 Å². The minimum absolute atomic E-state index is 0.0343. The minimum atomic E-state index is -0.674. The van der Waals surface area contributed by atoms with E-state index in [1.807, 2.05) is 23.6 Å². The fourth-order valence-corrected chi connectivity index (χ4v) is 5.30. The first-order valence-electron chi connectivity index (χ1n) is 8.95. The van der Waals surface area contributed by atoms with Crippen LogP contribution in [0.1, 0.15) is 36.0 Å². The summed E-state index contributed by atoms with van der Waals surface area (Å²) in [5.74, 6) is 0.881. The predicted molar refractivity (Wildman–Crippen MR) is 96.9 cm³/mol. The molecule has 2 aromatic rings. The molecule has 1 aromatic heterocycles. The first-order valence-corrected chi connectivity index (χ1v) is 9.83. The maximum Gasteiger partial charge on any atom is 0.258 e. The minimum Gasteiger partial charge on any atom is -0.467 e. The quantitative estimate of drug-likeness (QED) is 0.853. The van der Waals surface area contributed by atoms with E-state index in [1.54, 1.807) is 12.3 Å². The highest BCUT2D eigenvalue weighted by Crippen LogP contribution is 2.52. The third kappa shape index (κ3) is 2.41. The van der Waals surface area contributed by atoms with Crippen molar-refractivity contribution in [2.24, 2.45) is 17.8 Å². The topological polar surface area (TPSA) is 80.3 Å². The second-order valence-corrected chi connectivity index (χ2v) is 8.24. The Morgan fingerprint density at radius 2 is 2.23 bits per heavy atom. The number of benzene rings is 1. The second-order valence-electron chi connectivity index (χ2n) is 7.35. The molecule has 7 heteroatoms. The van der Waals surface area contributed by atoms with Gasteiger partial charge in [-0.3, -0.25) is 9.59 Å². The summed E-state index contributed by atoms with van der Waals surface area (Å²) in [7, 11) is 0. The largest absolute Gasteiger partial charge is 0.467 e. The molecule has 2 bridgehead atoms. The Kier molecular flexibility index (Phi) is 3.53. The lowest BCUT2D eigenvalue weighted by Crippen LogP contribution is -2.66. The van der Waals surface area contributed by atoms with Gasteiger partial charge in [0.1, 0.15) is 5.75 Å². The second kappa shape index (κ2) is 5.81. The molecule has 6 nitrogen and oxygen atoms in total. The van der Waals surface area contributed by atoms with Crippen LogP contribution in [0.5, 0.6) is 5.75 Å². The molecule has 2 heterocycles. The molecular formula is C19H19N3O3S. The SMILES string of the molecule is O=C1N[C@@]2(C[C@H]3CC[C@H]2C[C@H]3C(=O)Nc2nccs2)Oc2ccccc21. The summed E-state index contributed by atoms with van der Waals surface area (Å²) in [6.45, 7) is 0. The fourth-order valence-electron chi connectivity index (χ4n) is 4.76. The number of thiazole rings is 1. The number of nitrogens with zero attached hydrogens (tertiary/aromatic N) is 1. The van der Waals surface area contributed by atoms with Gasteiger partial charge in [-0.25, -0.2) is 4.98 Å². The molecule has 1 aliphatic heterocycles. The van der Waals surface area contributed by atoms with Crippen LogP contribution in [0.15, 0.2) is 35.8 Å². The van der Waals surface area contributed by atoms with Crippen LogP contribution in [0.25, 0.3) is 0 Å². The highest BCUT2D eigenvalue weighted by molar-refractivity contribution is 7.13. The summed E-state index contributed by atoms with van der Waals surface area (Å²) in [6, 6.07) is 7.36. The summed E-state index contributed by atoms with van der Waals surface area (Å²) in [5.41, 5.74) is -0.0931. The molecule has 3 saturated carbocycles. The van der Waals surface area contributed by atoms with Gasteiger partial charge in [0, 0.05) is 29.8 Å². The van der Waals surface area contributed by atoms with Crippen LogP contribution in [-0.2, 0) is 4.79 Å². The lowest BCUT2D eigenvalue weighted by atomic mass is 9.60. The van der Waals surface area contributed by atoms with Gasteiger partial charge in [-0.2, -0.15) is 0 Å². The zero-order valence-electron chi connectivity index (χ0n) is 14.1. The van der Waals surface area contributed by atoms with Gasteiger partial charge >= 0.3 is 0 Å². The Bertz CT molecular complexity index is 869. The lowest BCUT2D eigenvalue weighted by Gasteiger charge is -2.55. The number of para-hydroxylation sites is 1. The van der Waals surface area contributed by atoms with Crippen molar-refractivity contribution in [1.82, 2.24) is 10.3 Å². The molecule has 0 unspecified atom stereocenters. The molecule has 4 atom stereocenters. The van der Waals surface area contributed by atoms with E-state index in [2.05, 4.69) is 15.6 Å². The van der Waals surface area contributed by atoms with Crippen molar-refractivity contribution in [3.63, 3.8) is 0 Å². The van der Waals surface area contributed by atoms with Gasteiger partial charge < -0.3 is 15.4 Å².